The van der Waals surface area contributed by atoms with Crippen LogP contribution < -0.4 is 32.3 Å². The molecule has 1 aliphatic heterocycles. The van der Waals surface area contributed by atoms with Crippen LogP contribution >= 0.6 is 0 Å². The summed E-state index contributed by atoms with van der Waals surface area (Å²) in [6.07, 6.45) is 11.1. The van der Waals surface area contributed by atoms with Gasteiger partial charge in [0, 0.05) is 37.6 Å². The molecule has 0 fully saturated rings. The Hall–Kier alpha value is -5.02. The number of amides is 5. The minimum atomic E-state index is -1.37. The largest absolute Gasteiger partial charge is 0.507 e. The van der Waals surface area contributed by atoms with Crippen LogP contribution in [0.3, 0.4) is 0 Å². The minimum Gasteiger partial charge on any atom is -0.507 e. The van der Waals surface area contributed by atoms with Crippen molar-refractivity contribution in [1.82, 2.24) is 31.5 Å². The first-order valence-electron chi connectivity index (χ1n) is 21.2. The number of carbonyl (C=O) groups excluding carboxylic acids is 6. The quantitative estimate of drug-likeness (QED) is 0.0804. The number of rotatable bonds is 22. The van der Waals surface area contributed by atoms with Crippen LogP contribution in [0.1, 0.15) is 122 Å². The molecule has 5 atom stereocenters. The molecule has 0 aromatic heterocycles. The molecule has 15 nitrogen and oxygen atoms in total. The zero-order chi connectivity index (χ0) is 43.5. The van der Waals surface area contributed by atoms with Crippen molar-refractivity contribution in [2.45, 2.75) is 141 Å². The van der Waals surface area contributed by atoms with E-state index in [-0.39, 0.29) is 59.1 Å². The lowest BCUT2D eigenvalue weighted by molar-refractivity contribution is -0.143. The predicted molar refractivity (Wildman–Crippen MR) is 227 cm³/mol. The van der Waals surface area contributed by atoms with Gasteiger partial charge < -0.3 is 47.4 Å². The number of phenols is 2. The second-order valence-electron chi connectivity index (χ2n) is 15.7. The molecule has 3 rings (SSSR count). The number of hydrogen-bond donors (Lipinski definition) is 8. The Balaban J connectivity index is 1.88. The number of nitrogens with two attached hydrogens (primary N) is 1. The molecule has 2 aromatic rings. The standard InChI is InChI=1S/C44H67N7O8/c1-6-7-8-9-10-11-12-15-23-46-24-21-39(55)49-35(16-13-14-22-45)44(59)51(5)40-32-18-20-38(54)34(27-32)33-25-31(17-19-37(33)53)26-36(42(57)47-28(2)30(4)52)50-41(56)29(3)48-43(40)58/h17-20,25,27-29,35-36,40,46,53-54H,6-16,21-24,26,45H2,1-5H3,(H,47,57)(H,48,58)(H,49,55)(H,50,56)/t28-,29-,35-,36?,40-/m0/s1. The van der Waals surface area contributed by atoms with Gasteiger partial charge in [0.05, 0.1) is 6.04 Å². The van der Waals surface area contributed by atoms with Gasteiger partial charge in [-0.2, -0.15) is 0 Å². The number of aromatic hydroxyl groups is 2. The third kappa shape index (κ3) is 15.3. The topological polar surface area (TPSA) is 232 Å². The molecule has 0 saturated carbocycles. The normalized spacial score (nSPS) is 17.8. The van der Waals surface area contributed by atoms with E-state index in [2.05, 4.69) is 33.5 Å². The smallest absolute Gasteiger partial charge is 0.248 e. The number of Topliss-reactive ketones (excluding diaryl/α,β-unsaturated/α-hetero) is 1. The first-order chi connectivity index (χ1) is 28.2. The molecule has 0 aliphatic carbocycles. The first kappa shape index (κ1) is 48.3. The SMILES string of the molecule is CCCCCCCCCCNCCC(=O)N[C@@H](CCCCN)C(=O)N(C)[C@@H]1C(=O)N[C@@H](C)C(=O)NC(C(=O)N[C@@H](C)C(C)=O)Cc2ccc(O)c(c2)-c2cc1ccc2O. The van der Waals surface area contributed by atoms with Gasteiger partial charge in [0.1, 0.15) is 35.7 Å². The molecule has 1 heterocycles. The van der Waals surface area contributed by atoms with Crippen molar-refractivity contribution in [3.8, 4) is 22.6 Å². The lowest BCUT2D eigenvalue weighted by Gasteiger charge is -2.32. The van der Waals surface area contributed by atoms with Crippen molar-refractivity contribution < 1.29 is 39.0 Å². The third-order valence-electron chi connectivity index (χ3n) is 10.8. The summed E-state index contributed by atoms with van der Waals surface area (Å²) in [6.45, 7) is 8.11. The van der Waals surface area contributed by atoms with Crippen molar-refractivity contribution in [2.75, 3.05) is 26.7 Å². The van der Waals surface area contributed by atoms with Crippen LogP contribution in [-0.2, 0) is 35.2 Å². The van der Waals surface area contributed by atoms with Crippen LogP contribution in [0.4, 0.5) is 0 Å². The highest BCUT2D eigenvalue weighted by Crippen LogP contribution is 2.39. The number of nitrogens with zero attached hydrogens (tertiary/aromatic N) is 1. The maximum atomic E-state index is 14.4. The second-order valence-corrected chi connectivity index (χ2v) is 15.7. The second kappa shape index (κ2) is 24.8. The van der Waals surface area contributed by atoms with Gasteiger partial charge in [0.15, 0.2) is 5.78 Å². The van der Waals surface area contributed by atoms with Crippen LogP contribution in [0, 0.1) is 0 Å². The fourth-order valence-electron chi connectivity index (χ4n) is 7.03. The number of benzene rings is 2. The van der Waals surface area contributed by atoms with Crippen LogP contribution in [0.5, 0.6) is 11.5 Å². The number of likely N-dealkylation sites (N-methyl/N-ethyl adjacent to an activating group) is 1. The maximum absolute atomic E-state index is 14.4. The molecule has 326 valence electrons. The number of phenolic OH excluding ortho intramolecular Hbond substituents is 2. The highest BCUT2D eigenvalue weighted by atomic mass is 16.3. The number of fused-ring (bicyclic) bond motifs is 5. The number of hydrogen-bond acceptors (Lipinski definition) is 10. The third-order valence-corrected chi connectivity index (χ3v) is 10.8. The zero-order valence-electron chi connectivity index (χ0n) is 35.5. The van der Waals surface area contributed by atoms with Crippen molar-refractivity contribution in [1.29, 1.82) is 0 Å². The Morgan fingerprint density at radius 2 is 1.49 bits per heavy atom. The van der Waals surface area contributed by atoms with E-state index in [0.29, 0.717) is 31.5 Å². The summed E-state index contributed by atoms with van der Waals surface area (Å²) in [7, 11) is 1.43. The summed E-state index contributed by atoms with van der Waals surface area (Å²) in [4.78, 5) is 81.9. The summed E-state index contributed by atoms with van der Waals surface area (Å²) in [5, 5.41) is 36.2. The monoisotopic (exact) mass is 822 g/mol. The molecular weight excluding hydrogens is 755 g/mol. The first-order valence-corrected chi connectivity index (χ1v) is 21.2. The molecule has 0 spiro atoms. The van der Waals surface area contributed by atoms with Gasteiger partial charge in [-0.1, -0.05) is 64.0 Å². The molecule has 1 unspecified atom stereocenters. The van der Waals surface area contributed by atoms with E-state index < -0.39 is 53.8 Å². The lowest BCUT2D eigenvalue weighted by Crippen LogP contribution is -2.56. The van der Waals surface area contributed by atoms with Crippen LogP contribution in [0.25, 0.3) is 11.1 Å². The summed E-state index contributed by atoms with van der Waals surface area (Å²) in [6, 6.07) is 3.23. The summed E-state index contributed by atoms with van der Waals surface area (Å²) >= 11 is 0. The zero-order valence-corrected chi connectivity index (χ0v) is 35.5. The Morgan fingerprint density at radius 1 is 0.847 bits per heavy atom. The van der Waals surface area contributed by atoms with Crippen molar-refractivity contribution >= 4 is 35.3 Å². The highest BCUT2D eigenvalue weighted by molar-refractivity contribution is 5.97. The highest BCUT2D eigenvalue weighted by Gasteiger charge is 2.36. The average Bonchev–Trinajstić information content (AvgIpc) is 3.19. The van der Waals surface area contributed by atoms with E-state index in [4.69, 9.17) is 5.73 Å². The Morgan fingerprint density at radius 3 is 2.15 bits per heavy atom. The van der Waals surface area contributed by atoms with Gasteiger partial charge in [-0.25, -0.2) is 0 Å². The van der Waals surface area contributed by atoms with E-state index in [1.807, 2.05) is 0 Å². The van der Waals surface area contributed by atoms with Gasteiger partial charge in [-0.3, -0.25) is 28.8 Å². The molecule has 15 heteroatoms. The number of nitrogens with one attached hydrogen (secondary N) is 5. The van der Waals surface area contributed by atoms with Crippen LogP contribution in [0.15, 0.2) is 36.4 Å². The minimum absolute atomic E-state index is 0.0525. The summed E-state index contributed by atoms with van der Waals surface area (Å²) < 4.78 is 0. The van der Waals surface area contributed by atoms with E-state index in [0.717, 1.165) is 19.4 Å². The van der Waals surface area contributed by atoms with Crippen LogP contribution in [0.2, 0.25) is 0 Å². The predicted octanol–water partition coefficient (Wildman–Crippen LogP) is 3.64. The number of unbranched alkanes of at least 4 members (excludes halogenated alkanes) is 8. The van der Waals surface area contributed by atoms with Crippen molar-refractivity contribution in [3.05, 3.63) is 47.5 Å². The van der Waals surface area contributed by atoms with E-state index in [1.54, 1.807) is 12.1 Å². The fraction of sp³-hybridized carbons (Fsp3) is 0.591. The summed E-state index contributed by atoms with van der Waals surface area (Å²) in [5.41, 5.74) is 6.84. The molecule has 1 aliphatic rings. The van der Waals surface area contributed by atoms with E-state index >= 15 is 0 Å². The average molecular weight is 822 g/mol. The van der Waals surface area contributed by atoms with E-state index in [9.17, 15) is 39.0 Å². The molecule has 0 radical (unpaired) electrons. The Labute approximate surface area is 349 Å². The van der Waals surface area contributed by atoms with Crippen molar-refractivity contribution in [2.24, 2.45) is 5.73 Å². The Bertz CT molecular complexity index is 1740. The molecular formula is C44H67N7O8. The molecule has 4 bridgehead atoms. The van der Waals surface area contributed by atoms with Gasteiger partial charge >= 0.3 is 0 Å². The molecule has 59 heavy (non-hydrogen) atoms. The summed E-state index contributed by atoms with van der Waals surface area (Å²) in [5.74, 6) is -3.71. The van der Waals surface area contributed by atoms with E-state index in [1.165, 1.54) is 95.5 Å². The van der Waals surface area contributed by atoms with Gasteiger partial charge in [0.2, 0.25) is 29.5 Å². The number of carbonyl (C=O) groups is 6. The lowest BCUT2D eigenvalue weighted by atomic mass is 9.93. The molecule has 0 saturated heterocycles. The van der Waals surface area contributed by atoms with Gasteiger partial charge in [-0.05, 0) is 94.9 Å². The van der Waals surface area contributed by atoms with Gasteiger partial charge in [0.25, 0.3) is 0 Å². The molecule has 5 amide bonds. The Kier molecular flexibility index (Phi) is 20.3. The molecule has 2 aromatic carbocycles. The molecule has 9 N–H and O–H groups in total. The van der Waals surface area contributed by atoms with Crippen molar-refractivity contribution in [3.63, 3.8) is 0 Å². The fourth-order valence-corrected chi connectivity index (χ4v) is 7.03. The van der Waals surface area contributed by atoms with Gasteiger partial charge in [-0.15, -0.1) is 0 Å². The van der Waals surface area contributed by atoms with Crippen LogP contribution in [-0.4, -0.2) is 101 Å². The number of ketones is 1. The maximum Gasteiger partial charge on any atom is 0.248 e.